The van der Waals surface area contributed by atoms with Crippen LogP contribution in [0, 0.1) is 0 Å². The number of fused-ring (bicyclic) bond motifs is 2. The summed E-state index contributed by atoms with van der Waals surface area (Å²) >= 11 is 0. The zero-order valence-corrected chi connectivity index (χ0v) is 15.0. The molecule has 0 unspecified atom stereocenters. The second-order valence-electron chi connectivity index (χ2n) is 6.19. The van der Waals surface area contributed by atoms with Crippen LogP contribution in [0.15, 0.2) is 48.5 Å². The van der Waals surface area contributed by atoms with Gasteiger partial charge < -0.3 is 29.0 Å². The lowest BCUT2D eigenvalue weighted by atomic mass is 10.2. The molecule has 2 atom stereocenters. The van der Waals surface area contributed by atoms with Gasteiger partial charge in [0, 0.05) is 0 Å². The van der Waals surface area contributed by atoms with Gasteiger partial charge in [0.15, 0.2) is 23.0 Å². The number of benzene rings is 2. The summed E-state index contributed by atoms with van der Waals surface area (Å²) in [7, 11) is 0. The average molecular weight is 385 g/mol. The van der Waals surface area contributed by atoms with E-state index in [1.165, 1.54) is 0 Å². The monoisotopic (exact) mass is 385 g/mol. The van der Waals surface area contributed by atoms with Crippen molar-refractivity contribution >= 4 is 11.9 Å². The average Bonchev–Trinajstić information content (AvgIpc) is 2.75. The predicted octanol–water partition coefficient (Wildman–Crippen LogP) is 1.33. The van der Waals surface area contributed by atoms with Crippen LogP contribution in [-0.4, -0.2) is 50.4 Å². The summed E-state index contributed by atoms with van der Waals surface area (Å²) in [4.78, 5) is 24.3. The molecule has 0 spiro atoms. The molecule has 0 fully saturated rings. The van der Waals surface area contributed by atoms with Gasteiger partial charge in [-0.2, -0.15) is 0 Å². The highest BCUT2D eigenvalue weighted by atomic mass is 16.6. The van der Waals surface area contributed by atoms with Gasteiger partial charge in [-0.1, -0.05) is 24.3 Å². The summed E-state index contributed by atoms with van der Waals surface area (Å²) in [6, 6.07) is 14.2. The molecule has 2 aliphatic rings. The summed E-state index contributed by atoms with van der Waals surface area (Å²) in [5, 5.41) is 2.66. The van der Waals surface area contributed by atoms with E-state index in [1.54, 1.807) is 36.4 Å². The van der Waals surface area contributed by atoms with E-state index in [2.05, 4.69) is 5.32 Å². The maximum Gasteiger partial charge on any atom is 0.351 e. The highest BCUT2D eigenvalue weighted by Gasteiger charge is 2.29. The van der Waals surface area contributed by atoms with Gasteiger partial charge in [0.25, 0.3) is 5.91 Å². The minimum Gasteiger partial charge on any atom is -0.485 e. The van der Waals surface area contributed by atoms with Crippen LogP contribution in [0.4, 0.5) is 0 Å². The summed E-state index contributed by atoms with van der Waals surface area (Å²) in [6.07, 6.45) is -1.59. The minimum absolute atomic E-state index is 0.0102. The molecule has 8 nitrogen and oxygen atoms in total. The number of para-hydroxylation sites is 4. The summed E-state index contributed by atoms with van der Waals surface area (Å²) in [6.45, 7) is 0.358. The van der Waals surface area contributed by atoms with Crippen LogP contribution < -0.4 is 24.3 Å². The maximum atomic E-state index is 12.2. The van der Waals surface area contributed by atoms with E-state index in [9.17, 15) is 9.59 Å². The normalized spacial score (nSPS) is 19.4. The third-order valence-electron chi connectivity index (χ3n) is 4.22. The lowest BCUT2D eigenvalue weighted by Gasteiger charge is -2.26. The number of hydrogen-bond acceptors (Lipinski definition) is 7. The van der Waals surface area contributed by atoms with Gasteiger partial charge >= 0.3 is 5.97 Å². The van der Waals surface area contributed by atoms with Crippen LogP contribution in [-0.2, 0) is 14.3 Å². The smallest absolute Gasteiger partial charge is 0.351 e. The first kappa shape index (κ1) is 18.0. The van der Waals surface area contributed by atoms with Gasteiger partial charge in [-0.3, -0.25) is 4.79 Å². The topological polar surface area (TPSA) is 92.3 Å². The Morgan fingerprint density at radius 3 is 2.04 bits per heavy atom. The van der Waals surface area contributed by atoms with Gasteiger partial charge in [0.1, 0.15) is 19.8 Å². The van der Waals surface area contributed by atoms with Gasteiger partial charge in [0.2, 0.25) is 12.2 Å². The molecule has 8 heteroatoms. The van der Waals surface area contributed by atoms with Crippen LogP contribution in [0.2, 0.25) is 0 Å². The molecule has 146 valence electrons. The van der Waals surface area contributed by atoms with Crippen molar-refractivity contribution in [2.24, 2.45) is 0 Å². The van der Waals surface area contributed by atoms with E-state index in [1.807, 2.05) is 12.1 Å². The fraction of sp³-hybridized carbons (Fsp3) is 0.300. The first-order valence-corrected chi connectivity index (χ1v) is 8.92. The number of carbonyl (C=O) groups excluding carboxylic acids is 2. The fourth-order valence-electron chi connectivity index (χ4n) is 2.82. The van der Waals surface area contributed by atoms with Crippen LogP contribution in [0.1, 0.15) is 0 Å². The first-order chi connectivity index (χ1) is 13.7. The molecule has 0 aromatic heterocycles. The van der Waals surface area contributed by atoms with E-state index < -0.39 is 18.2 Å². The zero-order valence-electron chi connectivity index (χ0n) is 15.0. The Kier molecular flexibility index (Phi) is 5.18. The van der Waals surface area contributed by atoms with Crippen molar-refractivity contribution in [1.82, 2.24) is 5.32 Å². The molecule has 1 N–H and O–H groups in total. The Bertz CT molecular complexity index is 798. The molecule has 2 aliphatic heterocycles. The van der Waals surface area contributed by atoms with E-state index in [0.717, 1.165) is 0 Å². The van der Waals surface area contributed by atoms with Crippen LogP contribution >= 0.6 is 0 Å². The number of esters is 1. The Morgan fingerprint density at radius 1 is 0.857 bits per heavy atom. The molecule has 0 bridgehead atoms. The SMILES string of the molecule is O=C(NCCOC(=O)[C@@H]1COc2ccccc2O1)[C@@H]1COc2ccccc2O1. The van der Waals surface area contributed by atoms with Crippen LogP contribution in [0.3, 0.4) is 0 Å². The van der Waals surface area contributed by atoms with E-state index >= 15 is 0 Å². The third kappa shape index (κ3) is 3.95. The highest BCUT2D eigenvalue weighted by molar-refractivity contribution is 5.81. The Balaban J connectivity index is 1.19. The van der Waals surface area contributed by atoms with Crippen molar-refractivity contribution in [2.75, 3.05) is 26.4 Å². The minimum atomic E-state index is -0.836. The van der Waals surface area contributed by atoms with E-state index in [4.69, 9.17) is 23.7 Å². The van der Waals surface area contributed by atoms with Crippen molar-refractivity contribution in [1.29, 1.82) is 0 Å². The molecule has 0 radical (unpaired) electrons. The maximum absolute atomic E-state index is 12.2. The number of hydrogen-bond donors (Lipinski definition) is 1. The van der Waals surface area contributed by atoms with Crippen molar-refractivity contribution in [3.8, 4) is 23.0 Å². The second-order valence-corrected chi connectivity index (χ2v) is 6.19. The van der Waals surface area contributed by atoms with Crippen molar-refractivity contribution in [3.05, 3.63) is 48.5 Å². The molecule has 0 saturated heterocycles. The molecular weight excluding hydrogens is 366 g/mol. The second kappa shape index (κ2) is 8.08. The van der Waals surface area contributed by atoms with E-state index in [0.29, 0.717) is 23.0 Å². The Labute approximate surface area is 161 Å². The predicted molar refractivity (Wildman–Crippen MR) is 96.7 cm³/mol. The van der Waals surface area contributed by atoms with Gasteiger partial charge in [0.05, 0.1) is 6.54 Å². The van der Waals surface area contributed by atoms with E-state index in [-0.39, 0.29) is 32.3 Å². The zero-order chi connectivity index (χ0) is 19.3. The lowest BCUT2D eigenvalue weighted by Crippen LogP contribution is -2.45. The van der Waals surface area contributed by atoms with Crippen molar-refractivity contribution in [2.45, 2.75) is 12.2 Å². The third-order valence-corrected chi connectivity index (χ3v) is 4.22. The first-order valence-electron chi connectivity index (χ1n) is 8.92. The molecule has 0 saturated carbocycles. The Hall–Kier alpha value is -3.42. The van der Waals surface area contributed by atoms with Crippen LogP contribution in [0.25, 0.3) is 0 Å². The molecule has 2 heterocycles. The number of amides is 1. The highest BCUT2D eigenvalue weighted by Crippen LogP contribution is 2.31. The lowest BCUT2D eigenvalue weighted by molar-refractivity contribution is -0.154. The molecule has 2 aromatic carbocycles. The molecule has 28 heavy (non-hydrogen) atoms. The van der Waals surface area contributed by atoms with Crippen LogP contribution in [0.5, 0.6) is 23.0 Å². The molecule has 4 rings (SSSR count). The van der Waals surface area contributed by atoms with Crippen molar-refractivity contribution < 1.29 is 33.3 Å². The summed E-state index contributed by atoms with van der Waals surface area (Å²) in [5.74, 6) is 1.34. The molecular formula is C20H19NO7. The number of nitrogens with one attached hydrogen (secondary N) is 1. The van der Waals surface area contributed by atoms with Gasteiger partial charge in [-0.15, -0.1) is 0 Å². The quantitative estimate of drug-likeness (QED) is 0.613. The fourth-order valence-corrected chi connectivity index (χ4v) is 2.82. The van der Waals surface area contributed by atoms with Gasteiger partial charge in [-0.25, -0.2) is 4.79 Å². The Morgan fingerprint density at radius 2 is 1.39 bits per heavy atom. The van der Waals surface area contributed by atoms with Crippen molar-refractivity contribution in [3.63, 3.8) is 0 Å². The number of ether oxygens (including phenoxy) is 5. The summed E-state index contributed by atoms with van der Waals surface area (Å²) < 4.78 is 27.3. The molecule has 1 amide bonds. The largest absolute Gasteiger partial charge is 0.485 e. The molecule has 2 aromatic rings. The summed E-state index contributed by atoms with van der Waals surface area (Å²) in [5.41, 5.74) is 0. The molecule has 0 aliphatic carbocycles. The number of carbonyl (C=O) groups is 2. The number of rotatable bonds is 5. The van der Waals surface area contributed by atoms with Gasteiger partial charge in [-0.05, 0) is 24.3 Å². The standard InChI is InChI=1S/C20H19NO7/c22-19(17-11-25-13-5-1-3-7-15(13)27-17)21-9-10-24-20(23)18-12-26-14-6-2-4-8-16(14)28-18/h1-8,17-18H,9-12H2,(H,21,22)/t17-,18-/m0/s1.